The van der Waals surface area contributed by atoms with Gasteiger partial charge in [0.15, 0.2) is 0 Å². The molecule has 0 atom stereocenters. The minimum Gasteiger partial charge on any atom is -0.379 e. The summed E-state index contributed by atoms with van der Waals surface area (Å²) in [5.74, 6) is 1.49. The standard InChI is InChI=1S/C18H28N2O3S/c1-15(2)11-16-12-19(13-16)14-17-5-3-4-6-18(17)24(21,22)20-7-9-23-10-8-20/h3-6,15-16H,7-14H2,1-2H3. The van der Waals surface area contributed by atoms with Gasteiger partial charge >= 0.3 is 0 Å². The first-order chi connectivity index (χ1) is 11.5. The van der Waals surface area contributed by atoms with Crippen molar-refractivity contribution >= 4 is 10.0 Å². The van der Waals surface area contributed by atoms with E-state index in [0.717, 1.165) is 30.5 Å². The predicted octanol–water partition coefficient (Wildman–Crippen LogP) is 2.19. The Hall–Kier alpha value is -0.950. The first-order valence-electron chi connectivity index (χ1n) is 8.85. The van der Waals surface area contributed by atoms with Crippen LogP contribution in [0, 0.1) is 11.8 Å². The van der Waals surface area contributed by atoms with E-state index in [0.29, 0.717) is 37.7 Å². The van der Waals surface area contributed by atoms with Gasteiger partial charge in [0.2, 0.25) is 10.0 Å². The molecule has 2 fully saturated rings. The van der Waals surface area contributed by atoms with E-state index in [1.54, 1.807) is 10.4 Å². The Bertz CT molecular complexity index is 648. The molecular weight excluding hydrogens is 324 g/mol. The average molecular weight is 353 g/mol. The molecule has 0 aliphatic carbocycles. The van der Waals surface area contributed by atoms with Crippen LogP contribution in [0.4, 0.5) is 0 Å². The van der Waals surface area contributed by atoms with Gasteiger partial charge in [0.1, 0.15) is 0 Å². The van der Waals surface area contributed by atoms with Crippen LogP contribution in [-0.2, 0) is 21.3 Å². The van der Waals surface area contributed by atoms with Crippen LogP contribution in [-0.4, -0.2) is 57.0 Å². The first kappa shape index (κ1) is 17.9. The van der Waals surface area contributed by atoms with Crippen molar-refractivity contribution in [1.82, 2.24) is 9.21 Å². The summed E-state index contributed by atoms with van der Waals surface area (Å²) < 4.78 is 32.7. The van der Waals surface area contributed by atoms with Crippen molar-refractivity contribution < 1.29 is 13.2 Å². The summed E-state index contributed by atoms with van der Waals surface area (Å²) in [6, 6.07) is 7.43. The Kier molecular flexibility index (Phi) is 5.59. The zero-order valence-corrected chi connectivity index (χ0v) is 15.5. The number of rotatable bonds is 6. The smallest absolute Gasteiger partial charge is 0.243 e. The Morgan fingerprint density at radius 1 is 1.17 bits per heavy atom. The number of ether oxygens (including phenoxy) is 1. The maximum absolute atomic E-state index is 13.0. The number of likely N-dealkylation sites (tertiary alicyclic amines) is 1. The molecule has 134 valence electrons. The first-order valence-corrected chi connectivity index (χ1v) is 10.3. The highest BCUT2D eigenvalue weighted by molar-refractivity contribution is 7.89. The van der Waals surface area contributed by atoms with Crippen LogP contribution < -0.4 is 0 Å². The minimum absolute atomic E-state index is 0.441. The van der Waals surface area contributed by atoms with Crippen LogP contribution in [0.3, 0.4) is 0 Å². The topological polar surface area (TPSA) is 49.9 Å². The second kappa shape index (κ2) is 7.52. The fourth-order valence-electron chi connectivity index (χ4n) is 3.67. The molecule has 5 nitrogen and oxygen atoms in total. The second-order valence-electron chi connectivity index (χ2n) is 7.31. The number of morpholine rings is 1. The summed E-state index contributed by atoms with van der Waals surface area (Å²) >= 11 is 0. The van der Waals surface area contributed by atoms with E-state index in [2.05, 4.69) is 18.7 Å². The van der Waals surface area contributed by atoms with Crippen molar-refractivity contribution in [2.24, 2.45) is 11.8 Å². The van der Waals surface area contributed by atoms with Crippen LogP contribution in [0.5, 0.6) is 0 Å². The normalized spacial score (nSPS) is 21.1. The molecule has 2 heterocycles. The molecule has 0 bridgehead atoms. The minimum atomic E-state index is -3.43. The molecule has 0 N–H and O–H groups in total. The molecule has 0 saturated carbocycles. The van der Waals surface area contributed by atoms with Crippen molar-refractivity contribution in [3.8, 4) is 0 Å². The van der Waals surface area contributed by atoms with Gasteiger partial charge in [0.25, 0.3) is 0 Å². The second-order valence-corrected chi connectivity index (χ2v) is 9.22. The molecule has 0 spiro atoms. The molecule has 24 heavy (non-hydrogen) atoms. The molecule has 0 amide bonds. The lowest BCUT2D eigenvalue weighted by Gasteiger charge is -2.40. The Balaban J connectivity index is 1.70. The largest absolute Gasteiger partial charge is 0.379 e. The van der Waals surface area contributed by atoms with Gasteiger partial charge in [0.05, 0.1) is 18.1 Å². The molecule has 2 saturated heterocycles. The molecule has 0 aromatic heterocycles. The van der Waals surface area contributed by atoms with Gasteiger partial charge < -0.3 is 4.74 Å². The van der Waals surface area contributed by atoms with Gasteiger partial charge in [0, 0.05) is 32.7 Å². The van der Waals surface area contributed by atoms with Crippen LogP contribution in [0.15, 0.2) is 29.2 Å². The van der Waals surface area contributed by atoms with Crippen molar-refractivity contribution in [3.63, 3.8) is 0 Å². The van der Waals surface area contributed by atoms with E-state index >= 15 is 0 Å². The van der Waals surface area contributed by atoms with Crippen molar-refractivity contribution in [2.75, 3.05) is 39.4 Å². The quantitative estimate of drug-likeness (QED) is 0.787. The molecule has 3 rings (SSSR count). The van der Waals surface area contributed by atoms with Gasteiger partial charge in [-0.05, 0) is 29.9 Å². The van der Waals surface area contributed by atoms with Gasteiger partial charge in [-0.25, -0.2) is 8.42 Å². The van der Waals surface area contributed by atoms with E-state index in [1.165, 1.54) is 6.42 Å². The monoisotopic (exact) mass is 352 g/mol. The van der Waals surface area contributed by atoms with Gasteiger partial charge in [-0.1, -0.05) is 32.0 Å². The highest BCUT2D eigenvalue weighted by atomic mass is 32.2. The van der Waals surface area contributed by atoms with Crippen LogP contribution >= 0.6 is 0 Å². The molecule has 1 aromatic carbocycles. The summed E-state index contributed by atoms with van der Waals surface area (Å²) in [6.45, 7) is 9.21. The fourth-order valence-corrected chi connectivity index (χ4v) is 5.30. The lowest BCUT2D eigenvalue weighted by Crippen LogP contribution is -2.46. The van der Waals surface area contributed by atoms with E-state index in [4.69, 9.17) is 4.74 Å². The van der Waals surface area contributed by atoms with Crippen LogP contribution in [0.25, 0.3) is 0 Å². The predicted molar refractivity (Wildman–Crippen MR) is 94.2 cm³/mol. The maximum Gasteiger partial charge on any atom is 0.243 e. The van der Waals surface area contributed by atoms with Crippen LogP contribution in [0.2, 0.25) is 0 Å². The summed E-state index contributed by atoms with van der Waals surface area (Å²) in [5, 5.41) is 0. The zero-order chi connectivity index (χ0) is 17.2. The Morgan fingerprint density at radius 2 is 1.83 bits per heavy atom. The molecule has 2 aliphatic rings. The molecular formula is C18H28N2O3S. The number of nitrogens with zero attached hydrogens (tertiary/aromatic N) is 2. The van der Waals surface area contributed by atoms with Crippen molar-refractivity contribution in [2.45, 2.75) is 31.7 Å². The number of hydrogen-bond donors (Lipinski definition) is 0. The van der Waals surface area contributed by atoms with E-state index < -0.39 is 10.0 Å². The fraction of sp³-hybridized carbons (Fsp3) is 0.667. The molecule has 0 unspecified atom stereocenters. The highest BCUT2D eigenvalue weighted by Crippen LogP contribution is 2.28. The maximum atomic E-state index is 13.0. The summed E-state index contributed by atoms with van der Waals surface area (Å²) in [7, 11) is -3.43. The van der Waals surface area contributed by atoms with Crippen molar-refractivity contribution in [3.05, 3.63) is 29.8 Å². The van der Waals surface area contributed by atoms with E-state index in [9.17, 15) is 8.42 Å². The zero-order valence-electron chi connectivity index (χ0n) is 14.6. The Morgan fingerprint density at radius 3 is 2.50 bits per heavy atom. The number of benzene rings is 1. The molecule has 6 heteroatoms. The third-order valence-electron chi connectivity index (χ3n) is 4.79. The molecule has 1 aromatic rings. The van der Waals surface area contributed by atoms with E-state index in [1.807, 2.05) is 18.2 Å². The van der Waals surface area contributed by atoms with Crippen molar-refractivity contribution in [1.29, 1.82) is 0 Å². The van der Waals surface area contributed by atoms with Gasteiger partial charge in [-0.2, -0.15) is 4.31 Å². The number of sulfonamides is 1. The summed E-state index contributed by atoms with van der Waals surface area (Å²) in [5.41, 5.74) is 0.909. The van der Waals surface area contributed by atoms with Gasteiger partial charge in [-0.3, -0.25) is 4.90 Å². The third-order valence-corrected chi connectivity index (χ3v) is 6.79. The average Bonchev–Trinajstić information content (AvgIpc) is 2.53. The Labute approximate surface area is 145 Å². The van der Waals surface area contributed by atoms with Gasteiger partial charge in [-0.15, -0.1) is 0 Å². The van der Waals surface area contributed by atoms with E-state index in [-0.39, 0.29) is 0 Å². The third kappa shape index (κ3) is 3.99. The highest BCUT2D eigenvalue weighted by Gasteiger charge is 2.31. The lowest BCUT2D eigenvalue weighted by atomic mass is 9.90. The molecule has 2 aliphatic heterocycles. The lowest BCUT2D eigenvalue weighted by molar-refractivity contribution is 0.0722. The molecule has 0 radical (unpaired) electrons. The number of hydrogen-bond acceptors (Lipinski definition) is 4. The van der Waals surface area contributed by atoms with Crippen LogP contribution in [0.1, 0.15) is 25.8 Å². The summed E-state index contributed by atoms with van der Waals surface area (Å²) in [4.78, 5) is 2.81. The SMILES string of the molecule is CC(C)CC1CN(Cc2ccccc2S(=O)(=O)N2CCOCC2)C1. The summed E-state index contributed by atoms with van der Waals surface area (Å²) in [6.07, 6.45) is 1.25.